The summed E-state index contributed by atoms with van der Waals surface area (Å²) < 4.78 is 37.4. The van der Waals surface area contributed by atoms with Crippen LogP contribution in [0.5, 0.6) is 11.5 Å². The van der Waals surface area contributed by atoms with Crippen molar-refractivity contribution in [2.24, 2.45) is 0 Å². The molecule has 1 aromatic heterocycles. The lowest BCUT2D eigenvalue weighted by Gasteiger charge is -2.19. The number of nitrogens with zero attached hydrogens (tertiary/aromatic N) is 1. The van der Waals surface area contributed by atoms with Crippen LogP contribution in [0.15, 0.2) is 34.9 Å². The molecule has 1 amide bonds. The predicted molar refractivity (Wildman–Crippen MR) is 88.2 cm³/mol. The van der Waals surface area contributed by atoms with E-state index in [-0.39, 0.29) is 17.3 Å². The summed E-state index contributed by atoms with van der Waals surface area (Å²) in [6.45, 7) is 5.22. The molecule has 2 rings (SSSR count). The Morgan fingerprint density at radius 3 is 2.50 bits per heavy atom. The van der Waals surface area contributed by atoms with Gasteiger partial charge >= 0.3 is 6.09 Å². The number of benzene rings is 1. The summed E-state index contributed by atoms with van der Waals surface area (Å²) in [5, 5.41) is 2.47. The number of anilines is 1. The molecule has 0 atom stereocenters. The Balaban J connectivity index is 2.11. The zero-order valence-electron chi connectivity index (χ0n) is 13.2. The third kappa shape index (κ3) is 5.16. The van der Waals surface area contributed by atoms with Crippen LogP contribution in [0.3, 0.4) is 0 Å². The lowest BCUT2D eigenvalue weighted by atomic mass is 10.2. The molecule has 8 heteroatoms. The molecule has 0 radical (unpaired) electrons. The standard InChI is InChI=1S/C16H15BrF2N2O3/c1-16(2,3)24-15(22)21-14-7-10(17)13(8-20-14)23-12-5-4-9(18)6-11(12)19/h4-8H,1-3H3,(H,20,21,22). The average Bonchev–Trinajstić information content (AvgIpc) is 2.42. The smallest absolute Gasteiger partial charge is 0.413 e. The number of ether oxygens (including phenoxy) is 2. The molecule has 1 aromatic carbocycles. The van der Waals surface area contributed by atoms with Crippen molar-refractivity contribution >= 4 is 27.8 Å². The highest BCUT2D eigenvalue weighted by Gasteiger charge is 2.17. The van der Waals surface area contributed by atoms with E-state index < -0.39 is 23.3 Å². The van der Waals surface area contributed by atoms with Crippen LogP contribution in [0.2, 0.25) is 0 Å². The van der Waals surface area contributed by atoms with Crippen molar-refractivity contribution < 1.29 is 23.0 Å². The molecular weight excluding hydrogens is 386 g/mol. The van der Waals surface area contributed by atoms with E-state index in [0.717, 1.165) is 12.1 Å². The average molecular weight is 401 g/mol. The van der Waals surface area contributed by atoms with Crippen molar-refractivity contribution in [1.29, 1.82) is 0 Å². The molecule has 2 aromatic rings. The Morgan fingerprint density at radius 1 is 1.21 bits per heavy atom. The van der Waals surface area contributed by atoms with E-state index in [2.05, 4.69) is 26.2 Å². The largest absolute Gasteiger partial charge is 0.451 e. The Hall–Kier alpha value is -2.22. The second kappa shape index (κ2) is 7.12. The maximum atomic E-state index is 13.6. The summed E-state index contributed by atoms with van der Waals surface area (Å²) in [6.07, 6.45) is 0.639. The third-order valence-electron chi connectivity index (χ3n) is 2.56. The van der Waals surface area contributed by atoms with Crippen molar-refractivity contribution in [2.45, 2.75) is 26.4 Å². The lowest BCUT2D eigenvalue weighted by molar-refractivity contribution is 0.0635. The van der Waals surface area contributed by atoms with Crippen LogP contribution in [0, 0.1) is 11.6 Å². The Morgan fingerprint density at radius 2 is 1.92 bits per heavy atom. The number of nitrogens with one attached hydrogen (secondary N) is 1. The van der Waals surface area contributed by atoms with Gasteiger partial charge in [-0.05, 0) is 54.9 Å². The maximum Gasteiger partial charge on any atom is 0.413 e. The van der Waals surface area contributed by atoms with Crippen molar-refractivity contribution in [3.8, 4) is 11.5 Å². The van der Waals surface area contributed by atoms with Crippen LogP contribution >= 0.6 is 15.9 Å². The maximum absolute atomic E-state index is 13.6. The van der Waals surface area contributed by atoms with Gasteiger partial charge < -0.3 is 9.47 Å². The molecule has 0 aliphatic carbocycles. The number of rotatable bonds is 3. The Kier molecular flexibility index (Phi) is 5.38. The van der Waals surface area contributed by atoms with Crippen LogP contribution in [-0.2, 0) is 4.74 Å². The number of halogens is 3. The van der Waals surface area contributed by atoms with E-state index >= 15 is 0 Å². The van der Waals surface area contributed by atoms with Gasteiger partial charge in [0.15, 0.2) is 17.3 Å². The first-order valence-electron chi connectivity index (χ1n) is 6.92. The molecule has 0 bridgehead atoms. The molecule has 0 spiro atoms. The number of carbonyl (C=O) groups excluding carboxylic acids is 1. The molecule has 0 aliphatic rings. The van der Waals surface area contributed by atoms with Gasteiger partial charge in [-0.25, -0.2) is 18.6 Å². The van der Waals surface area contributed by atoms with E-state index in [9.17, 15) is 13.6 Å². The molecular formula is C16H15BrF2N2O3. The van der Waals surface area contributed by atoms with Crippen LogP contribution in [0.25, 0.3) is 0 Å². The monoisotopic (exact) mass is 400 g/mol. The fourth-order valence-electron chi connectivity index (χ4n) is 1.65. The fourth-order valence-corrected chi connectivity index (χ4v) is 2.05. The number of hydrogen-bond acceptors (Lipinski definition) is 4. The molecule has 1 heterocycles. The summed E-state index contributed by atoms with van der Waals surface area (Å²) in [6, 6.07) is 4.44. The second-order valence-corrected chi connectivity index (χ2v) is 6.66. The summed E-state index contributed by atoms with van der Waals surface area (Å²) in [7, 11) is 0. The predicted octanol–water partition coefficient (Wildman–Crippen LogP) is 5.26. The van der Waals surface area contributed by atoms with Crippen LogP contribution in [-0.4, -0.2) is 16.7 Å². The number of pyridine rings is 1. The SMILES string of the molecule is CC(C)(C)OC(=O)Nc1cc(Br)c(Oc2ccc(F)cc2F)cn1. The van der Waals surface area contributed by atoms with Crippen molar-refractivity contribution in [3.05, 3.63) is 46.6 Å². The zero-order chi connectivity index (χ0) is 17.9. The van der Waals surface area contributed by atoms with Crippen LogP contribution in [0.4, 0.5) is 19.4 Å². The topological polar surface area (TPSA) is 60.5 Å². The van der Waals surface area contributed by atoms with E-state index in [1.165, 1.54) is 18.3 Å². The summed E-state index contributed by atoms with van der Waals surface area (Å²) in [5.41, 5.74) is -0.634. The van der Waals surface area contributed by atoms with Gasteiger partial charge in [-0.1, -0.05) is 0 Å². The molecule has 24 heavy (non-hydrogen) atoms. The van der Waals surface area contributed by atoms with Gasteiger partial charge in [0.25, 0.3) is 0 Å². The van der Waals surface area contributed by atoms with Gasteiger partial charge in [0.1, 0.15) is 17.2 Å². The number of amides is 1. The molecule has 0 saturated heterocycles. The number of carbonyl (C=O) groups is 1. The summed E-state index contributed by atoms with van der Waals surface area (Å²) in [5.74, 6) is -1.25. The van der Waals surface area contributed by atoms with E-state index in [4.69, 9.17) is 9.47 Å². The van der Waals surface area contributed by atoms with Gasteiger partial charge in [0, 0.05) is 6.07 Å². The third-order valence-corrected chi connectivity index (χ3v) is 3.18. The van der Waals surface area contributed by atoms with Gasteiger partial charge in [0.05, 0.1) is 10.7 Å². The van der Waals surface area contributed by atoms with Gasteiger partial charge in [-0.3, -0.25) is 5.32 Å². The van der Waals surface area contributed by atoms with Crippen LogP contribution < -0.4 is 10.1 Å². The molecule has 0 saturated carbocycles. The highest BCUT2D eigenvalue weighted by Crippen LogP contribution is 2.32. The zero-order valence-corrected chi connectivity index (χ0v) is 14.8. The fraction of sp³-hybridized carbons (Fsp3) is 0.250. The number of hydrogen-bond donors (Lipinski definition) is 1. The minimum absolute atomic E-state index is 0.147. The molecule has 5 nitrogen and oxygen atoms in total. The van der Waals surface area contributed by atoms with E-state index in [1.807, 2.05) is 0 Å². The van der Waals surface area contributed by atoms with Gasteiger partial charge in [-0.15, -0.1) is 0 Å². The normalized spacial score (nSPS) is 11.1. The van der Waals surface area contributed by atoms with Crippen molar-refractivity contribution in [3.63, 3.8) is 0 Å². The highest BCUT2D eigenvalue weighted by molar-refractivity contribution is 9.10. The molecule has 0 aliphatic heterocycles. The summed E-state index contributed by atoms with van der Waals surface area (Å²) in [4.78, 5) is 15.7. The van der Waals surface area contributed by atoms with Crippen molar-refractivity contribution in [2.75, 3.05) is 5.32 Å². The first-order valence-corrected chi connectivity index (χ1v) is 7.72. The summed E-state index contributed by atoms with van der Waals surface area (Å²) >= 11 is 3.24. The van der Waals surface area contributed by atoms with E-state index in [0.29, 0.717) is 4.47 Å². The van der Waals surface area contributed by atoms with Crippen molar-refractivity contribution in [1.82, 2.24) is 4.98 Å². The van der Waals surface area contributed by atoms with E-state index in [1.54, 1.807) is 20.8 Å². The minimum atomic E-state index is -0.835. The molecule has 128 valence electrons. The quantitative estimate of drug-likeness (QED) is 0.762. The molecule has 0 fully saturated rings. The molecule has 1 N–H and O–H groups in total. The number of aromatic nitrogens is 1. The molecule has 0 unspecified atom stereocenters. The minimum Gasteiger partial charge on any atom is -0.451 e. The van der Waals surface area contributed by atoms with Crippen LogP contribution in [0.1, 0.15) is 20.8 Å². The van der Waals surface area contributed by atoms with Gasteiger partial charge in [0.2, 0.25) is 0 Å². The Labute approximate surface area is 146 Å². The Bertz CT molecular complexity index is 763. The first-order chi connectivity index (χ1) is 11.1. The van der Waals surface area contributed by atoms with Gasteiger partial charge in [-0.2, -0.15) is 0 Å². The first kappa shape index (κ1) is 18.1. The lowest BCUT2D eigenvalue weighted by Crippen LogP contribution is -2.27. The second-order valence-electron chi connectivity index (χ2n) is 5.80. The highest BCUT2D eigenvalue weighted by atomic mass is 79.9.